The van der Waals surface area contributed by atoms with Gasteiger partial charge in [-0.1, -0.05) is 0 Å². The summed E-state index contributed by atoms with van der Waals surface area (Å²) in [7, 11) is 1.77. The molecule has 1 saturated heterocycles. The second-order valence-electron chi connectivity index (χ2n) is 3.88. The van der Waals surface area contributed by atoms with Crippen LogP contribution in [0.15, 0.2) is 22.8 Å². The summed E-state index contributed by atoms with van der Waals surface area (Å²) in [5.41, 5.74) is 0.0621. The first-order valence-electron chi connectivity index (χ1n) is 4.52. The molecule has 0 amide bonds. The van der Waals surface area contributed by atoms with Crippen molar-refractivity contribution in [2.45, 2.75) is 19.1 Å². The van der Waals surface area contributed by atoms with Crippen molar-refractivity contribution in [3.63, 3.8) is 0 Å². The zero-order valence-electron chi connectivity index (χ0n) is 8.12. The maximum Gasteiger partial charge on any atom is 0.117 e. The molecule has 0 aliphatic carbocycles. The third kappa shape index (κ3) is 1.76. The van der Waals surface area contributed by atoms with E-state index in [0.717, 1.165) is 25.4 Å². The Balaban J connectivity index is 1.82. The summed E-state index contributed by atoms with van der Waals surface area (Å²) in [5, 5.41) is 0. The van der Waals surface area contributed by atoms with Crippen LogP contribution in [0.4, 0.5) is 0 Å². The standard InChI is InChI=1S/C10H15NO2/c1-10(12-2)7-11(8-10)6-9-4-3-5-13-9/h3-5H,6-8H2,1-2H3. The molecule has 2 rings (SSSR count). The number of likely N-dealkylation sites (tertiary alicyclic amines) is 1. The first-order chi connectivity index (χ1) is 6.22. The third-order valence-electron chi connectivity index (χ3n) is 2.57. The van der Waals surface area contributed by atoms with Gasteiger partial charge in [0, 0.05) is 20.2 Å². The van der Waals surface area contributed by atoms with E-state index >= 15 is 0 Å². The van der Waals surface area contributed by atoms with E-state index in [1.165, 1.54) is 0 Å². The number of ether oxygens (including phenoxy) is 1. The van der Waals surface area contributed by atoms with Crippen LogP contribution in [0, 0.1) is 0 Å². The lowest BCUT2D eigenvalue weighted by Gasteiger charge is -2.46. The molecule has 13 heavy (non-hydrogen) atoms. The first-order valence-corrected chi connectivity index (χ1v) is 4.52. The molecule has 0 aromatic carbocycles. The van der Waals surface area contributed by atoms with Crippen molar-refractivity contribution in [1.29, 1.82) is 0 Å². The van der Waals surface area contributed by atoms with E-state index in [1.54, 1.807) is 13.4 Å². The Labute approximate surface area is 78.3 Å². The van der Waals surface area contributed by atoms with Gasteiger partial charge in [0.2, 0.25) is 0 Å². The average Bonchev–Trinajstić information content (AvgIpc) is 2.54. The molecule has 1 aliphatic rings. The predicted molar refractivity (Wildman–Crippen MR) is 49.4 cm³/mol. The number of hydrogen-bond donors (Lipinski definition) is 0. The van der Waals surface area contributed by atoms with Crippen molar-refractivity contribution >= 4 is 0 Å². The summed E-state index contributed by atoms with van der Waals surface area (Å²) < 4.78 is 10.6. The highest BCUT2D eigenvalue weighted by atomic mass is 16.5. The lowest BCUT2D eigenvalue weighted by molar-refractivity contribution is -0.115. The van der Waals surface area contributed by atoms with E-state index in [0.29, 0.717) is 0 Å². The zero-order valence-corrected chi connectivity index (χ0v) is 8.12. The van der Waals surface area contributed by atoms with Crippen molar-refractivity contribution in [2.75, 3.05) is 20.2 Å². The lowest BCUT2D eigenvalue weighted by atomic mass is 9.96. The van der Waals surface area contributed by atoms with Crippen molar-refractivity contribution < 1.29 is 9.15 Å². The van der Waals surface area contributed by atoms with Gasteiger partial charge < -0.3 is 9.15 Å². The number of hydrogen-bond acceptors (Lipinski definition) is 3. The summed E-state index contributed by atoms with van der Waals surface area (Å²) >= 11 is 0. The van der Waals surface area contributed by atoms with Crippen molar-refractivity contribution in [3.8, 4) is 0 Å². The van der Waals surface area contributed by atoms with Crippen LogP contribution >= 0.6 is 0 Å². The van der Waals surface area contributed by atoms with Gasteiger partial charge >= 0.3 is 0 Å². The molecule has 3 nitrogen and oxygen atoms in total. The summed E-state index contributed by atoms with van der Waals surface area (Å²) in [6.07, 6.45) is 1.71. The molecule has 0 unspecified atom stereocenters. The largest absolute Gasteiger partial charge is 0.468 e. The quantitative estimate of drug-likeness (QED) is 0.706. The van der Waals surface area contributed by atoms with Crippen LogP contribution in [-0.2, 0) is 11.3 Å². The van der Waals surface area contributed by atoms with E-state index < -0.39 is 0 Å². The molecule has 1 aromatic heterocycles. The summed E-state index contributed by atoms with van der Waals surface area (Å²) in [6, 6.07) is 3.92. The Morgan fingerprint density at radius 3 is 2.92 bits per heavy atom. The summed E-state index contributed by atoms with van der Waals surface area (Å²) in [5.74, 6) is 1.03. The van der Waals surface area contributed by atoms with E-state index in [4.69, 9.17) is 9.15 Å². The molecule has 1 aliphatic heterocycles. The molecule has 2 heterocycles. The van der Waals surface area contributed by atoms with Gasteiger partial charge in [-0.2, -0.15) is 0 Å². The fourth-order valence-corrected chi connectivity index (χ4v) is 1.76. The lowest BCUT2D eigenvalue weighted by Crippen LogP contribution is -2.60. The van der Waals surface area contributed by atoms with Crippen LogP contribution < -0.4 is 0 Å². The second-order valence-corrected chi connectivity index (χ2v) is 3.88. The number of rotatable bonds is 3. The van der Waals surface area contributed by atoms with Gasteiger partial charge in [-0.3, -0.25) is 4.90 Å². The molecule has 1 fully saturated rings. The van der Waals surface area contributed by atoms with Crippen LogP contribution in [0.25, 0.3) is 0 Å². The van der Waals surface area contributed by atoms with Gasteiger partial charge in [0.15, 0.2) is 0 Å². The Morgan fingerprint density at radius 1 is 1.62 bits per heavy atom. The van der Waals surface area contributed by atoms with Crippen LogP contribution in [0.5, 0.6) is 0 Å². The molecule has 1 aromatic rings. The molecular weight excluding hydrogens is 166 g/mol. The maximum atomic E-state index is 5.35. The second kappa shape index (κ2) is 3.16. The Kier molecular flexibility index (Phi) is 2.14. The topological polar surface area (TPSA) is 25.6 Å². The molecule has 0 bridgehead atoms. The highest BCUT2D eigenvalue weighted by Crippen LogP contribution is 2.25. The van der Waals surface area contributed by atoms with Gasteiger partial charge in [-0.15, -0.1) is 0 Å². The van der Waals surface area contributed by atoms with Crippen LogP contribution in [0.3, 0.4) is 0 Å². The first kappa shape index (κ1) is 8.78. The number of methoxy groups -OCH3 is 1. The fraction of sp³-hybridized carbons (Fsp3) is 0.600. The monoisotopic (exact) mass is 181 g/mol. The molecular formula is C10H15NO2. The highest BCUT2D eigenvalue weighted by molar-refractivity contribution is 5.01. The third-order valence-corrected chi connectivity index (χ3v) is 2.57. The van der Waals surface area contributed by atoms with Crippen molar-refractivity contribution in [3.05, 3.63) is 24.2 Å². The smallest absolute Gasteiger partial charge is 0.117 e. The van der Waals surface area contributed by atoms with Crippen LogP contribution in [-0.4, -0.2) is 30.7 Å². The molecule has 3 heteroatoms. The van der Waals surface area contributed by atoms with Crippen molar-refractivity contribution in [2.24, 2.45) is 0 Å². The van der Waals surface area contributed by atoms with E-state index in [9.17, 15) is 0 Å². The Hall–Kier alpha value is -0.800. The maximum absolute atomic E-state index is 5.35. The number of furan rings is 1. The van der Waals surface area contributed by atoms with Gasteiger partial charge in [0.1, 0.15) is 5.76 Å². The van der Waals surface area contributed by atoms with E-state index in [-0.39, 0.29) is 5.60 Å². The molecule has 0 atom stereocenters. The van der Waals surface area contributed by atoms with Gasteiger partial charge in [-0.25, -0.2) is 0 Å². The van der Waals surface area contributed by atoms with Crippen LogP contribution in [0.2, 0.25) is 0 Å². The summed E-state index contributed by atoms with van der Waals surface area (Å²) in [6.45, 7) is 5.01. The highest BCUT2D eigenvalue weighted by Gasteiger charge is 2.38. The molecule has 0 radical (unpaired) electrons. The Bertz CT molecular complexity index is 262. The zero-order chi connectivity index (χ0) is 9.31. The predicted octanol–water partition coefficient (Wildman–Crippen LogP) is 1.50. The number of nitrogens with zero attached hydrogens (tertiary/aromatic N) is 1. The summed E-state index contributed by atoms with van der Waals surface area (Å²) in [4.78, 5) is 2.31. The van der Waals surface area contributed by atoms with E-state index in [2.05, 4.69) is 11.8 Å². The molecule has 72 valence electrons. The van der Waals surface area contributed by atoms with Crippen LogP contribution in [0.1, 0.15) is 12.7 Å². The molecule has 0 N–H and O–H groups in total. The SMILES string of the molecule is COC1(C)CN(Cc2ccco2)C1. The van der Waals surface area contributed by atoms with Gasteiger partial charge in [-0.05, 0) is 19.1 Å². The minimum absolute atomic E-state index is 0.0621. The minimum Gasteiger partial charge on any atom is -0.468 e. The minimum atomic E-state index is 0.0621. The van der Waals surface area contributed by atoms with Gasteiger partial charge in [0.25, 0.3) is 0 Å². The fourth-order valence-electron chi connectivity index (χ4n) is 1.76. The van der Waals surface area contributed by atoms with E-state index in [1.807, 2.05) is 12.1 Å². The van der Waals surface area contributed by atoms with Gasteiger partial charge in [0.05, 0.1) is 18.4 Å². The molecule has 0 spiro atoms. The normalized spacial score (nSPS) is 21.4. The Morgan fingerprint density at radius 2 is 2.38 bits per heavy atom. The molecule has 0 saturated carbocycles. The average molecular weight is 181 g/mol. The van der Waals surface area contributed by atoms with Crippen molar-refractivity contribution in [1.82, 2.24) is 4.90 Å².